The van der Waals surface area contributed by atoms with Crippen LogP contribution >= 0.6 is 28.4 Å². The minimum atomic E-state index is -1.93. The van der Waals surface area contributed by atoms with E-state index in [1.807, 2.05) is 39.6 Å². The Morgan fingerprint density at radius 1 is 1.43 bits per heavy atom. The van der Waals surface area contributed by atoms with Crippen LogP contribution in [-0.2, 0) is 21.1 Å². The third-order valence-electron chi connectivity index (χ3n) is 2.68. The lowest BCUT2D eigenvalue weighted by molar-refractivity contribution is -0.116. The van der Waals surface area contributed by atoms with Crippen molar-refractivity contribution in [1.82, 2.24) is 0 Å². The number of rotatable bonds is 7. The molecule has 1 rings (SSSR count). The number of nitrogens with zero attached hydrogens (tertiary/aromatic N) is 1. The molecular weight excluding hydrogens is 345 g/mol. The van der Waals surface area contributed by atoms with Gasteiger partial charge in [-0.05, 0) is 51.7 Å². The lowest BCUT2D eigenvalue weighted by atomic mass is 10.2. The van der Waals surface area contributed by atoms with Crippen molar-refractivity contribution in [3.63, 3.8) is 0 Å². The smallest absolute Gasteiger partial charge is 0.237 e. The molecule has 0 aromatic heterocycles. The van der Waals surface area contributed by atoms with Crippen LogP contribution in [0.2, 0.25) is 5.02 Å². The maximum atomic E-state index is 12.5. The number of hydrogen-bond acceptors (Lipinski definition) is 4. The molecule has 118 valence electrons. The Kier molecular flexibility index (Phi) is 7.72. The highest BCUT2D eigenvalue weighted by atomic mass is 35.5. The van der Waals surface area contributed by atoms with Crippen molar-refractivity contribution in [2.45, 2.75) is 26.8 Å². The van der Waals surface area contributed by atoms with Gasteiger partial charge in [-0.25, -0.2) is 0 Å². The van der Waals surface area contributed by atoms with Gasteiger partial charge in [0.2, 0.25) is 5.91 Å². The SMILES string of the molecule is CCOP(C)(=S)SCC(=O)N(c1ccc(Cl)cc1)C(C)C. The van der Waals surface area contributed by atoms with Gasteiger partial charge >= 0.3 is 0 Å². The first-order valence-electron chi connectivity index (χ1n) is 6.71. The second kappa shape index (κ2) is 8.54. The molecule has 0 N–H and O–H groups in total. The second-order valence-electron chi connectivity index (χ2n) is 4.80. The van der Waals surface area contributed by atoms with Crippen LogP contribution in [0.15, 0.2) is 24.3 Å². The van der Waals surface area contributed by atoms with Crippen LogP contribution in [0.1, 0.15) is 20.8 Å². The number of anilines is 1. The third-order valence-corrected chi connectivity index (χ3v) is 7.88. The van der Waals surface area contributed by atoms with E-state index in [9.17, 15) is 4.79 Å². The number of hydrogen-bond donors (Lipinski definition) is 0. The van der Waals surface area contributed by atoms with Gasteiger partial charge in [0.05, 0.1) is 5.75 Å². The number of amides is 1. The quantitative estimate of drug-likeness (QED) is 0.650. The molecule has 1 aromatic rings. The summed E-state index contributed by atoms with van der Waals surface area (Å²) in [5.41, 5.74) is -1.09. The minimum absolute atomic E-state index is 0.0353. The molecule has 1 unspecified atom stereocenters. The van der Waals surface area contributed by atoms with Gasteiger partial charge in [0.25, 0.3) is 0 Å². The predicted octanol–water partition coefficient (Wildman–Crippen LogP) is 4.79. The van der Waals surface area contributed by atoms with E-state index in [1.54, 1.807) is 17.0 Å². The van der Waals surface area contributed by atoms with Gasteiger partial charge in [-0.3, -0.25) is 4.79 Å². The first kappa shape index (κ1) is 19.0. The molecule has 0 radical (unpaired) electrons. The monoisotopic (exact) mass is 365 g/mol. The average molecular weight is 366 g/mol. The van der Waals surface area contributed by atoms with E-state index in [0.717, 1.165) is 5.69 Å². The van der Waals surface area contributed by atoms with E-state index >= 15 is 0 Å². The zero-order valence-electron chi connectivity index (χ0n) is 12.7. The van der Waals surface area contributed by atoms with Crippen molar-refractivity contribution in [3.8, 4) is 0 Å². The van der Waals surface area contributed by atoms with Crippen molar-refractivity contribution in [1.29, 1.82) is 0 Å². The topological polar surface area (TPSA) is 29.5 Å². The second-order valence-corrected chi connectivity index (χ2v) is 13.2. The molecule has 0 saturated carbocycles. The van der Waals surface area contributed by atoms with E-state index in [2.05, 4.69) is 0 Å². The Morgan fingerprint density at radius 2 is 2.00 bits per heavy atom. The van der Waals surface area contributed by atoms with Crippen LogP contribution in [0, 0.1) is 0 Å². The molecule has 3 nitrogen and oxygen atoms in total. The van der Waals surface area contributed by atoms with Crippen LogP contribution in [0.3, 0.4) is 0 Å². The summed E-state index contributed by atoms with van der Waals surface area (Å²) in [5, 5.41) is 0.657. The highest BCUT2D eigenvalue weighted by Gasteiger charge is 2.21. The fourth-order valence-corrected chi connectivity index (χ4v) is 5.36. The molecule has 1 aromatic carbocycles. The summed E-state index contributed by atoms with van der Waals surface area (Å²) in [5.74, 6) is 0.363. The number of halogens is 1. The van der Waals surface area contributed by atoms with Crippen molar-refractivity contribution in [2.24, 2.45) is 0 Å². The Hall–Kier alpha value is -0.0600. The largest absolute Gasteiger partial charge is 0.342 e. The highest BCUT2D eigenvalue weighted by molar-refractivity contribution is 8.69. The molecule has 0 bridgehead atoms. The summed E-state index contributed by atoms with van der Waals surface area (Å²) >= 11 is 12.7. The van der Waals surface area contributed by atoms with E-state index in [0.29, 0.717) is 17.4 Å². The fraction of sp³-hybridized carbons (Fsp3) is 0.500. The van der Waals surface area contributed by atoms with E-state index < -0.39 is 5.47 Å². The van der Waals surface area contributed by atoms with E-state index in [1.165, 1.54) is 11.4 Å². The summed E-state index contributed by atoms with van der Waals surface area (Å²) in [7, 11) is 0. The molecule has 0 spiro atoms. The number of carbonyl (C=O) groups is 1. The maximum Gasteiger partial charge on any atom is 0.237 e. The Bertz CT molecular complexity index is 522. The Balaban J connectivity index is 2.80. The Morgan fingerprint density at radius 3 is 2.48 bits per heavy atom. The first-order valence-corrected chi connectivity index (χ1v) is 11.8. The van der Waals surface area contributed by atoms with Crippen LogP contribution in [0.5, 0.6) is 0 Å². The molecule has 0 heterocycles. The summed E-state index contributed by atoms with van der Waals surface area (Å²) in [6.07, 6.45) is 0. The number of carbonyl (C=O) groups excluding carboxylic acids is 1. The van der Waals surface area contributed by atoms with Crippen LogP contribution < -0.4 is 4.90 Å². The molecule has 0 fully saturated rings. The van der Waals surface area contributed by atoms with Gasteiger partial charge in [0.15, 0.2) is 0 Å². The molecule has 7 heteroatoms. The van der Waals surface area contributed by atoms with Crippen LogP contribution in [0.25, 0.3) is 0 Å². The van der Waals surface area contributed by atoms with Crippen molar-refractivity contribution >= 4 is 51.9 Å². The molecule has 0 saturated heterocycles. The van der Waals surface area contributed by atoms with Crippen LogP contribution in [0.4, 0.5) is 5.69 Å². The molecule has 1 amide bonds. The maximum absolute atomic E-state index is 12.5. The van der Waals surface area contributed by atoms with Crippen molar-refractivity contribution < 1.29 is 9.32 Å². The van der Waals surface area contributed by atoms with Gasteiger partial charge in [0.1, 0.15) is 5.47 Å². The van der Waals surface area contributed by atoms with Gasteiger partial charge in [-0.15, -0.1) is 0 Å². The van der Waals surface area contributed by atoms with Crippen LogP contribution in [-0.4, -0.2) is 31.0 Å². The summed E-state index contributed by atoms with van der Waals surface area (Å²) in [6, 6.07) is 7.36. The van der Waals surface area contributed by atoms with Gasteiger partial charge in [-0.2, -0.15) is 0 Å². The van der Waals surface area contributed by atoms with Gasteiger partial charge in [0, 0.05) is 23.4 Å². The summed E-state index contributed by atoms with van der Waals surface area (Å²) in [6.45, 7) is 8.39. The predicted molar refractivity (Wildman–Crippen MR) is 98.4 cm³/mol. The lowest BCUT2D eigenvalue weighted by Crippen LogP contribution is -2.38. The molecular formula is C14H21ClNO2PS2. The lowest BCUT2D eigenvalue weighted by Gasteiger charge is -2.27. The zero-order chi connectivity index (χ0) is 16.0. The molecule has 21 heavy (non-hydrogen) atoms. The molecule has 0 aliphatic rings. The van der Waals surface area contributed by atoms with Gasteiger partial charge < -0.3 is 9.42 Å². The molecule has 0 aliphatic heterocycles. The zero-order valence-corrected chi connectivity index (χ0v) is 16.0. The highest BCUT2D eigenvalue weighted by Crippen LogP contribution is 2.56. The normalized spacial score (nSPS) is 14.0. The summed E-state index contributed by atoms with van der Waals surface area (Å²) in [4.78, 5) is 14.3. The average Bonchev–Trinajstić information content (AvgIpc) is 2.39. The van der Waals surface area contributed by atoms with Crippen molar-refractivity contribution in [3.05, 3.63) is 29.3 Å². The minimum Gasteiger partial charge on any atom is -0.342 e. The Labute approximate surface area is 141 Å². The summed E-state index contributed by atoms with van der Waals surface area (Å²) < 4.78 is 5.54. The fourth-order valence-electron chi connectivity index (χ4n) is 1.85. The van der Waals surface area contributed by atoms with Gasteiger partial charge in [-0.1, -0.05) is 34.8 Å². The number of benzene rings is 1. The first-order chi connectivity index (χ1) is 9.76. The van der Waals surface area contributed by atoms with Crippen molar-refractivity contribution in [2.75, 3.05) is 23.9 Å². The molecule has 0 aliphatic carbocycles. The third kappa shape index (κ3) is 6.29. The standard InChI is InChI=1S/C14H21ClNO2PS2/c1-5-18-19(4,20)21-10-14(17)16(11(2)3)13-8-6-12(15)7-9-13/h6-9,11H,5,10H2,1-4H3. The van der Waals surface area contributed by atoms with E-state index in [4.69, 9.17) is 27.9 Å². The van der Waals surface area contributed by atoms with E-state index in [-0.39, 0.29) is 11.9 Å². The molecule has 1 atom stereocenters.